The molecule has 0 unspecified atom stereocenters. The lowest BCUT2D eigenvalue weighted by Gasteiger charge is -2.26. The van der Waals surface area contributed by atoms with E-state index >= 15 is 0 Å². The third-order valence-corrected chi connectivity index (χ3v) is 0.931. The maximum Gasteiger partial charge on any atom is 0.134 e. The van der Waals surface area contributed by atoms with Crippen LogP contribution in [0.2, 0.25) is 0 Å². The average Bonchev–Trinajstić information content (AvgIpc) is 1.62. The Kier molecular flexibility index (Phi) is 2.40. The fourth-order valence-electron chi connectivity index (χ4n) is 0.387. The van der Waals surface area contributed by atoms with Crippen molar-refractivity contribution in [3.63, 3.8) is 0 Å². The van der Waals surface area contributed by atoms with E-state index in [0.29, 0.717) is 6.54 Å². The van der Waals surface area contributed by atoms with Crippen molar-refractivity contribution >= 4 is 0 Å². The number of rotatable bonds is 2. The average molecular weight is 119 g/mol. The Hall–Kier alpha value is -0.120. The summed E-state index contributed by atoms with van der Waals surface area (Å²) in [4.78, 5) is 0. The molecule has 0 aliphatic heterocycles. The molecule has 3 heteroatoms. The van der Waals surface area contributed by atoms with Crippen LogP contribution in [0.25, 0.3) is 0 Å². The van der Waals surface area contributed by atoms with Gasteiger partial charge in [-0.2, -0.15) is 5.06 Å². The van der Waals surface area contributed by atoms with Crippen molar-refractivity contribution in [3.8, 4) is 0 Å². The predicted molar refractivity (Wildman–Crippen MR) is 30.5 cm³/mol. The molecule has 0 aromatic carbocycles. The molecule has 0 aromatic heterocycles. The third kappa shape index (κ3) is 2.26. The second-order valence-corrected chi connectivity index (χ2v) is 2.21. The van der Waals surface area contributed by atoms with E-state index in [1.807, 2.05) is 0 Å². The molecule has 0 saturated heterocycles. The van der Waals surface area contributed by atoms with Gasteiger partial charge in [-0.05, 0) is 20.8 Å². The van der Waals surface area contributed by atoms with E-state index in [9.17, 15) is 0 Å². The lowest BCUT2D eigenvalue weighted by molar-refractivity contribution is -0.242. The quantitative estimate of drug-likeness (QED) is 0.409. The van der Waals surface area contributed by atoms with Gasteiger partial charge in [0.25, 0.3) is 0 Å². The first-order valence-corrected chi connectivity index (χ1v) is 2.67. The molecule has 0 aromatic rings. The van der Waals surface area contributed by atoms with Crippen molar-refractivity contribution < 1.29 is 10.3 Å². The van der Waals surface area contributed by atoms with Gasteiger partial charge >= 0.3 is 0 Å². The van der Waals surface area contributed by atoms with E-state index in [1.165, 1.54) is 13.8 Å². The summed E-state index contributed by atoms with van der Waals surface area (Å²) in [7, 11) is 0. The van der Waals surface area contributed by atoms with Crippen LogP contribution in [0.15, 0.2) is 0 Å². The predicted octanol–water partition coefficient (Wildman–Crippen LogP) is 0.426. The van der Waals surface area contributed by atoms with Gasteiger partial charge in [-0.3, -0.25) is 0 Å². The maximum atomic E-state index is 8.96. The lowest BCUT2D eigenvalue weighted by Crippen LogP contribution is -2.40. The van der Waals surface area contributed by atoms with Crippen LogP contribution >= 0.6 is 0 Å². The summed E-state index contributed by atoms with van der Waals surface area (Å²) >= 11 is 0. The van der Waals surface area contributed by atoms with Gasteiger partial charge in [-0.25, -0.2) is 0 Å². The van der Waals surface area contributed by atoms with Crippen molar-refractivity contribution in [2.24, 2.45) is 0 Å². The molecule has 3 nitrogen and oxygen atoms in total. The zero-order valence-corrected chi connectivity index (χ0v) is 5.55. The van der Waals surface area contributed by atoms with Gasteiger partial charge in [0.15, 0.2) is 0 Å². The molecule has 0 radical (unpaired) electrons. The molecule has 0 rings (SSSR count). The normalized spacial score (nSPS) is 12.8. The summed E-state index contributed by atoms with van der Waals surface area (Å²) < 4.78 is 0. The summed E-state index contributed by atoms with van der Waals surface area (Å²) in [5.41, 5.74) is -1.10. The van der Waals surface area contributed by atoms with Crippen LogP contribution in [0, 0.1) is 0 Å². The van der Waals surface area contributed by atoms with Crippen LogP contribution in [0.1, 0.15) is 20.8 Å². The van der Waals surface area contributed by atoms with Crippen molar-refractivity contribution in [1.29, 1.82) is 0 Å². The Labute approximate surface area is 49.5 Å². The highest BCUT2D eigenvalue weighted by atomic mass is 16.5. The summed E-state index contributed by atoms with van der Waals surface area (Å²) in [5, 5.41) is 18.6. The van der Waals surface area contributed by atoms with E-state index in [2.05, 4.69) is 0 Å². The molecule has 50 valence electrons. The highest BCUT2D eigenvalue weighted by molar-refractivity contribution is 4.56. The third-order valence-electron chi connectivity index (χ3n) is 0.931. The Bertz CT molecular complexity index is 67.3. The summed E-state index contributed by atoms with van der Waals surface area (Å²) in [6.07, 6.45) is 0. The second kappa shape index (κ2) is 2.44. The minimum atomic E-state index is -1.10. The fourth-order valence-corrected chi connectivity index (χ4v) is 0.387. The van der Waals surface area contributed by atoms with Gasteiger partial charge in [0.05, 0.1) is 0 Å². The van der Waals surface area contributed by atoms with E-state index in [-0.39, 0.29) is 0 Å². The molecule has 0 amide bonds. The van der Waals surface area contributed by atoms with Gasteiger partial charge in [-0.1, -0.05) is 0 Å². The highest BCUT2D eigenvalue weighted by Crippen LogP contribution is 2.04. The molecular weight excluding hydrogens is 106 g/mol. The maximum absolute atomic E-state index is 8.96. The van der Waals surface area contributed by atoms with E-state index < -0.39 is 5.72 Å². The van der Waals surface area contributed by atoms with Gasteiger partial charge in [0.1, 0.15) is 5.72 Å². The fraction of sp³-hybridized carbons (Fsp3) is 1.00. The molecule has 0 bridgehead atoms. The highest BCUT2D eigenvalue weighted by Gasteiger charge is 2.18. The van der Waals surface area contributed by atoms with E-state index in [0.717, 1.165) is 5.06 Å². The van der Waals surface area contributed by atoms with Crippen molar-refractivity contribution in [1.82, 2.24) is 5.06 Å². The molecule has 0 saturated carbocycles. The number of hydroxylamine groups is 2. The first-order valence-electron chi connectivity index (χ1n) is 2.67. The van der Waals surface area contributed by atoms with Crippen LogP contribution in [0.3, 0.4) is 0 Å². The Balaban J connectivity index is 3.62. The zero-order valence-electron chi connectivity index (χ0n) is 5.55. The molecule has 0 fully saturated rings. The van der Waals surface area contributed by atoms with Crippen molar-refractivity contribution in [3.05, 3.63) is 0 Å². The minimum Gasteiger partial charge on any atom is -0.374 e. The summed E-state index contributed by atoms with van der Waals surface area (Å²) in [6.45, 7) is 5.24. The molecule has 0 aliphatic carbocycles. The van der Waals surface area contributed by atoms with Crippen LogP contribution in [-0.4, -0.2) is 27.6 Å². The molecule has 0 aliphatic rings. The summed E-state index contributed by atoms with van der Waals surface area (Å²) in [6, 6.07) is 0. The number of nitrogens with zero attached hydrogens (tertiary/aromatic N) is 1. The molecule has 0 spiro atoms. The first-order chi connectivity index (χ1) is 3.48. The molecule has 0 atom stereocenters. The summed E-state index contributed by atoms with van der Waals surface area (Å²) in [5.74, 6) is 0. The zero-order chi connectivity index (χ0) is 6.78. The van der Waals surface area contributed by atoms with Gasteiger partial charge in [0.2, 0.25) is 0 Å². The van der Waals surface area contributed by atoms with Gasteiger partial charge in [0, 0.05) is 6.54 Å². The van der Waals surface area contributed by atoms with Gasteiger partial charge in [-0.15, -0.1) is 0 Å². The number of hydrogen-bond donors (Lipinski definition) is 2. The van der Waals surface area contributed by atoms with E-state index in [1.54, 1.807) is 6.92 Å². The van der Waals surface area contributed by atoms with Crippen molar-refractivity contribution in [2.45, 2.75) is 26.5 Å². The Morgan fingerprint density at radius 1 is 1.50 bits per heavy atom. The van der Waals surface area contributed by atoms with Crippen LogP contribution in [0.4, 0.5) is 0 Å². The Morgan fingerprint density at radius 3 is 1.88 bits per heavy atom. The monoisotopic (exact) mass is 119 g/mol. The topological polar surface area (TPSA) is 43.7 Å². The van der Waals surface area contributed by atoms with Crippen LogP contribution < -0.4 is 0 Å². The SMILES string of the molecule is CCN(O)C(C)(C)O. The number of hydrogen-bond acceptors (Lipinski definition) is 3. The lowest BCUT2D eigenvalue weighted by atomic mass is 10.3. The second-order valence-electron chi connectivity index (χ2n) is 2.21. The van der Waals surface area contributed by atoms with E-state index in [4.69, 9.17) is 10.3 Å². The largest absolute Gasteiger partial charge is 0.374 e. The molecule has 2 N–H and O–H groups in total. The minimum absolute atomic E-state index is 0.434. The number of aliphatic hydroxyl groups is 1. The molecule has 0 heterocycles. The van der Waals surface area contributed by atoms with Crippen LogP contribution in [0.5, 0.6) is 0 Å². The first kappa shape index (κ1) is 7.88. The van der Waals surface area contributed by atoms with Crippen LogP contribution in [-0.2, 0) is 0 Å². The standard InChI is InChI=1S/C5H13NO2/c1-4-6(8)5(2,3)7/h7-8H,4H2,1-3H3. The molecular formula is C5H13NO2. The Morgan fingerprint density at radius 2 is 1.88 bits per heavy atom. The smallest absolute Gasteiger partial charge is 0.134 e. The van der Waals surface area contributed by atoms with Gasteiger partial charge < -0.3 is 10.3 Å². The molecule has 8 heavy (non-hydrogen) atoms. The van der Waals surface area contributed by atoms with Crippen molar-refractivity contribution in [2.75, 3.05) is 6.54 Å².